The van der Waals surface area contributed by atoms with Crippen molar-refractivity contribution in [2.45, 2.75) is 32.4 Å². The fourth-order valence-electron chi connectivity index (χ4n) is 1.70. The molecule has 3 nitrogen and oxygen atoms in total. The van der Waals surface area contributed by atoms with Gasteiger partial charge in [0.05, 0.1) is 8.66 Å². The third-order valence-corrected chi connectivity index (χ3v) is 4.99. The van der Waals surface area contributed by atoms with Gasteiger partial charge in [0.2, 0.25) is 0 Å². The van der Waals surface area contributed by atoms with Crippen LogP contribution in [0.15, 0.2) is 20.7 Å². The Labute approximate surface area is 112 Å². The third-order valence-electron chi connectivity index (χ3n) is 2.86. The topological polar surface area (TPSA) is 38.1 Å². The van der Waals surface area contributed by atoms with Crippen molar-refractivity contribution in [2.24, 2.45) is 0 Å². The number of nitrogens with zero attached hydrogens (tertiary/aromatic N) is 1. The zero-order valence-electron chi connectivity index (χ0n) is 9.50. The van der Waals surface area contributed by atoms with Gasteiger partial charge in [-0.2, -0.15) is 0 Å². The van der Waals surface area contributed by atoms with E-state index in [1.54, 1.807) is 11.3 Å². The maximum atomic E-state index is 5.51. The van der Waals surface area contributed by atoms with Crippen LogP contribution in [0.5, 0.6) is 0 Å². The molecule has 5 heteroatoms. The lowest BCUT2D eigenvalue weighted by Gasteiger charge is -2.00. The van der Waals surface area contributed by atoms with Gasteiger partial charge < -0.3 is 9.73 Å². The smallest absolute Gasteiger partial charge is 0.181 e. The summed E-state index contributed by atoms with van der Waals surface area (Å²) in [6.07, 6.45) is 4.11. The zero-order chi connectivity index (χ0) is 11.8. The quantitative estimate of drug-likeness (QED) is 0.935. The summed E-state index contributed by atoms with van der Waals surface area (Å²) >= 11 is 5.23. The summed E-state index contributed by atoms with van der Waals surface area (Å²) < 4.78 is 6.67. The van der Waals surface area contributed by atoms with Crippen LogP contribution in [0.1, 0.15) is 24.1 Å². The average molecular weight is 313 g/mol. The summed E-state index contributed by atoms with van der Waals surface area (Å²) in [5, 5.41) is 3.46. The van der Waals surface area contributed by atoms with Gasteiger partial charge in [0.25, 0.3) is 0 Å². The van der Waals surface area contributed by atoms with Crippen LogP contribution in [0.3, 0.4) is 0 Å². The van der Waals surface area contributed by atoms with Gasteiger partial charge in [0.15, 0.2) is 12.2 Å². The van der Waals surface area contributed by atoms with Crippen LogP contribution in [-0.4, -0.2) is 11.0 Å². The number of hydrogen-bond acceptors (Lipinski definition) is 4. The van der Waals surface area contributed by atoms with Crippen LogP contribution in [0, 0.1) is 6.92 Å². The Kier molecular flexibility index (Phi) is 3.06. The summed E-state index contributed by atoms with van der Waals surface area (Å²) in [6.45, 7) is 2.88. The molecule has 3 rings (SSSR count). The van der Waals surface area contributed by atoms with Gasteiger partial charge in [-0.1, -0.05) is 0 Å². The minimum atomic E-state index is 0.691. The second-order valence-electron chi connectivity index (χ2n) is 4.35. The molecule has 0 aliphatic heterocycles. The highest BCUT2D eigenvalue weighted by Gasteiger charge is 2.22. The van der Waals surface area contributed by atoms with Crippen molar-refractivity contribution in [2.75, 3.05) is 0 Å². The van der Waals surface area contributed by atoms with E-state index in [0.717, 1.165) is 26.7 Å². The molecule has 0 spiro atoms. The third kappa shape index (κ3) is 2.46. The summed E-state index contributed by atoms with van der Waals surface area (Å²) in [6, 6.07) is 2.83. The van der Waals surface area contributed by atoms with Crippen LogP contribution in [0.25, 0.3) is 10.6 Å². The lowest BCUT2D eigenvalue weighted by Crippen LogP contribution is -2.15. The van der Waals surface area contributed by atoms with Crippen LogP contribution < -0.4 is 5.32 Å². The molecule has 2 aromatic rings. The fraction of sp³-hybridized carbons (Fsp3) is 0.417. The van der Waals surface area contributed by atoms with Gasteiger partial charge >= 0.3 is 0 Å². The molecule has 0 bridgehead atoms. The van der Waals surface area contributed by atoms with Gasteiger partial charge in [0.1, 0.15) is 5.69 Å². The number of hydrogen-bond donors (Lipinski definition) is 1. The Hall–Kier alpha value is -0.650. The molecule has 0 unspecified atom stereocenters. The van der Waals surface area contributed by atoms with Crippen molar-refractivity contribution in [1.82, 2.24) is 10.3 Å². The molecular formula is C12H13BrN2OS. The molecule has 1 N–H and O–H groups in total. The minimum Gasteiger partial charge on any atom is -0.442 e. The van der Waals surface area contributed by atoms with Crippen molar-refractivity contribution < 1.29 is 4.42 Å². The van der Waals surface area contributed by atoms with E-state index in [-0.39, 0.29) is 0 Å². The Balaban J connectivity index is 1.83. The highest BCUT2D eigenvalue weighted by atomic mass is 79.9. The highest BCUT2D eigenvalue weighted by molar-refractivity contribution is 9.11. The van der Waals surface area contributed by atoms with Crippen LogP contribution in [0.4, 0.5) is 0 Å². The summed E-state index contributed by atoms with van der Waals surface area (Å²) in [7, 11) is 0. The standard InChI is InChI=1S/C12H13BrN2OS/c1-7-4-10(17-12(7)13)11-9(15-6-16-11)5-14-8-2-3-8/h4,6,8,14H,2-3,5H2,1H3. The maximum Gasteiger partial charge on any atom is 0.181 e. The number of aryl methyl sites for hydroxylation is 1. The summed E-state index contributed by atoms with van der Waals surface area (Å²) in [5.41, 5.74) is 2.24. The van der Waals surface area contributed by atoms with E-state index in [1.165, 1.54) is 24.8 Å². The van der Waals surface area contributed by atoms with Crippen LogP contribution in [0.2, 0.25) is 0 Å². The van der Waals surface area contributed by atoms with Gasteiger partial charge in [-0.25, -0.2) is 4.98 Å². The number of nitrogens with one attached hydrogen (secondary N) is 1. The molecule has 2 aromatic heterocycles. The second-order valence-corrected chi connectivity index (χ2v) is 6.72. The van der Waals surface area contributed by atoms with E-state index < -0.39 is 0 Å². The lowest BCUT2D eigenvalue weighted by atomic mass is 10.2. The number of rotatable bonds is 4. The first-order chi connectivity index (χ1) is 8.24. The second kappa shape index (κ2) is 4.55. The van der Waals surface area contributed by atoms with Gasteiger partial charge in [-0.15, -0.1) is 11.3 Å². The van der Waals surface area contributed by atoms with E-state index in [4.69, 9.17) is 4.42 Å². The number of aromatic nitrogens is 1. The van der Waals surface area contributed by atoms with E-state index in [0.29, 0.717) is 6.04 Å². The first-order valence-corrected chi connectivity index (χ1v) is 7.27. The van der Waals surface area contributed by atoms with Crippen molar-refractivity contribution in [3.05, 3.63) is 27.5 Å². The van der Waals surface area contributed by atoms with Crippen molar-refractivity contribution in [3.8, 4) is 10.6 Å². The van der Waals surface area contributed by atoms with E-state index in [9.17, 15) is 0 Å². The molecule has 0 saturated heterocycles. The molecular weight excluding hydrogens is 300 g/mol. The summed E-state index contributed by atoms with van der Waals surface area (Å²) in [4.78, 5) is 5.43. The Morgan fingerprint density at radius 2 is 2.41 bits per heavy atom. The molecule has 2 heterocycles. The molecule has 0 radical (unpaired) electrons. The Morgan fingerprint density at radius 3 is 3.06 bits per heavy atom. The largest absolute Gasteiger partial charge is 0.442 e. The SMILES string of the molecule is Cc1cc(-c2ocnc2CNC2CC2)sc1Br. The lowest BCUT2D eigenvalue weighted by molar-refractivity contribution is 0.570. The number of halogens is 1. The van der Waals surface area contributed by atoms with Gasteiger partial charge in [-0.3, -0.25) is 0 Å². The predicted molar refractivity (Wildman–Crippen MR) is 72.1 cm³/mol. The average Bonchev–Trinajstić information content (AvgIpc) is 2.92. The summed E-state index contributed by atoms with van der Waals surface area (Å²) in [5.74, 6) is 0.900. The Morgan fingerprint density at radius 1 is 1.59 bits per heavy atom. The fourth-order valence-corrected chi connectivity index (χ4v) is 3.24. The first kappa shape index (κ1) is 11.4. The molecule has 1 aliphatic rings. The molecule has 0 amide bonds. The first-order valence-electron chi connectivity index (χ1n) is 5.66. The highest BCUT2D eigenvalue weighted by Crippen LogP contribution is 2.36. The monoisotopic (exact) mass is 312 g/mol. The van der Waals surface area contributed by atoms with E-state index in [1.807, 2.05) is 0 Å². The molecule has 1 saturated carbocycles. The molecule has 0 aromatic carbocycles. The maximum absolute atomic E-state index is 5.51. The predicted octanol–water partition coefficient (Wildman–Crippen LogP) is 3.73. The van der Waals surface area contributed by atoms with E-state index >= 15 is 0 Å². The van der Waals surface area contributed by atoms with Crippen molar-refractivity contribution >= 4 is 27.3 Å². The number of thiophene rings is 1. The minimum absolute atomic E-state index is 0.691. The van der Waals surface area contributed by atoms with Crippen LogP contribution >= 0.6 is 27.3 Å². The van der Waals surface area contributed by atoms with E-state index in [2.05, 4.69) is 39.2 Å². The molecule has 17 heavy (non-hydrogen) atoms. The molecule has 1 fully saturated rings. The molecule has 1 aliphatic carbocycles. The van der Waals surface area contributed by atoms with Crippen molar-refractivity contribution in [1.29, 1.82) is 0 Å². The molecule has 0 atom stereocenters. The molecule has 90 valence electrons. The van der Waals surface area contributed by atoms with Crippen LogP contribution in [-0.2, 0) is 6.54 Å². The normalized spacial score (nSPS) is 15.4. The zero-order valence-corrected chi connectivity index (χ0v) is 11.9. The number of oxazole rings is 1. The van der Waals surface area contributed by atoms with Gasteiger partial charge in [-0.05, 0) is 47.3 Å². The Bertz CT molecular complexity index is 511. The van der Waals surface area contributed by atoms with Gasteiger partial charge in [0, 0.05) is 12.6 Å². The van der Waals surface area contributed by atoms with Crippen molar-refractivity contribution in [3.63, 3.8) is 0 Å².